The van der Waals surface area contributed by atoms with Gasteiger partial charge in [-0.25, -0.2) is 0 Å². The topological polar surface area (TPSA) is 68.3 Å². The van der Waals surface area contributed by atoms with E-state index in [0.717, 1.165) is 11.3 Å². The molecule has 0 atom stereocenters. The molecule has 0 saturated carbocycles. The highest BCUT2D eigenvalue weighted by Crippen LogP contribution is 2.30. The molecule has 1 aromatic heterocycles. The minimum atomic E-state index is -0.564. The molecule has 0 bridgehead atoms. The monoisotopic (exact) mass is 216 g/mol. The highest BCUT2D eigenvalue weighted by molar-refractivity contribution is 5.98. The lowest BCUT2D eigenvalue weighted by Crippen LogP contribution is -2.11. The zero-order valence-electron chi connectivity index (χ0n) is 8.86. The van der Waals surface area contributed by atoms with Gasteiger partial charge in [-0.15, -0.1) is 0 Å². The van der Waals surface area contributed by atoms with E-state index >= 15 is 0 Å². The zero-order chi connectivity index (χ0) is 11.5. The van der Waals surface area contributed by atoms with Crippen LogP contribution in [0.3, 0.4) is 0 Å². The Balaban J connectivity index is 2.58. The van der Waals surface area contributed by atoms with Crippen molar-refractivity contribution in [3.63, 3.8) is 0 Å². The molecule has 0 fully saturated rings. The Hall–Kier alpha value is -2.23. The van der Waals surface area contributed by atoms with Crippen LogP contribution in [0.15, 0.2) is 41.0 Å². The van der Waals surface area contributed by atoms with Crippen LogP contribution in [0.25, 0.3) is 11.1 Å². The summed E-state index contributed by atoms with van der Waals surface area (Å²) in [5.41, 5.74) is 7.76. The fraction of sp³-hybridized carbons (Fsp3) is 0.0833. The van der Waals surface area contributed by atoms with E-state index in [1.165, 1.54) is 6.26 Å². The van der Waals surface area contributed by atoms with Crippen LogP contribution in [0.4, 0.5) is 5.69 Å². The first-order valence-electron chi connectivity index (χ1n) is 4.88. The van der Waals surface area contributed by atoms with Crippen LogP contribution in [0, 0.1) is 0 Å². The molecule has 0 aliphatic rings. The molecule has 0 radical (unpaired) electrons. The number of hydrogen-bond acceptors (Lipinski definition) is 3. The van der Waals surface area contributed by atoms with Crippen molar-refractivity contribution in [1.82, 2.24) is 0 Å². The lowest BCUT2D eigenvalue weighted by Gasteiger charge is -2.07. The van der Waals surface area contributed by atoms with Crippen molar-refractivity contribution < 1.29 is 9.21 Å². The van der Waals surface area contributed by atoms with Crippen molar-refractivity contribution in [2.24, 2.45) is 5.73 Å². The molecule has 0 aliphatic heterocycles. The fourth-order valence-electron chi connectivity index (χ4n) is 1.65. The minimum absolute atomic E-state index is 0.183. The predicted octanol–water partition coefficient (Wildman–Crippen LogP) is 2.09. The number of hydrogen-bond donors (Lipinski definition) is 2. The van der Waals surface area contributed by atoms with Gasteiger partial charge < -0.3 is 15.5 Å². The largest absolute Gasteiger partial charge is 0.459 e. The third-order valence-electron chi connectivity index (χ3n) is 2.38. The molecular formula is C12H12N2O2. The van der Waals surface area contributed by atoms with Crippen LogP contribution in [-0.2, 0) is 0 Å². The molecule has 82 valence electrons. The summed E-state index contributed by atoms with van der Waals surface area (Å²) in [7, 11) is 1.82. The maximum atomic E-state index is 11.2. The van der Waals surface area contributed by atoms with Crippen LogP contribution >= 0.6 is 0 Å². The van der Waals surface area contributed by atoms with Gasteiger partial charge in [-0.3, -0.25) is 4.79 Å². The van der Waals surface area contributed by atoms with Gasteiger partial charge in [0.2, 0.25) is 0 Å². The van der Waals surface area contributed by atoms with Crippen molar-refractivity contribution >= 4 is 11.6 Å². The van der Waals surface area contributed by atoms with E-state index in [4.69, 9.17) is 10.2 Å². The van der Waals surface area contributed by atoms with Crippen LogP contribution in [0.1, 0.15) is 10.6 Å². The number of nitrogens with one attached hydrogen (secondary N) is 1. The number of carbonyl (C=O) groups is 1. The van der Waals surface area contributed by atoms with E-state index in [-0.39, 0.29) is 5.76 Å². The van der Waals surface area contributed by atoms with Gasteiger partial charge >= 0.3 is 0 Å². The molecule has 4 heteroatoms. The van der Waals surface area contributed by atoms with Crippen molar-refractivity contribution in [2.45, 2.75) is 0 Å². The number of amides is 1. The van der Waals surface area contributed by atoms with Crippen LogP contribution in [0.5, 0.6) is 0 Å². The van der Waals surface area contributed by atoms with E-state index in [1.807, 2.05) is 31.3 Å². The second-order valence-corrected chi connectivity index (χ2v) is 3.32. The summed E-state index contributed by atoms with van der Waals surface area (Å²) in [6.45, 7) is 0. The summed E-state index contributed by atoms with van der Waals surface area (Å²) < 4.78 is 5.08. The summed E-state index contributed by atoms with van der Waals surface area (Å²) in [5, 5.41) is 3.06. The Morgan fingerprint density at radius 3 is 2.69 bits per heavy atom. The number of benzene rings is 1. The first kappa shape index (κ1) is 10.3. The Morgan fingerprint density at radius 1 is 1.25 bits per heavy atom. The molecular weight excluding hydrogens is 204 g/mol. The Bertz CT molecular complexity index is 517. The number of rotatable bonds is 3. The smallest absolute Gasteiger partial charge is 0.285 e. The molecule has 0 spiro atoms. The van der Waals surface area contributed by atoms with Gasteiger partial charge in [-0.05, 0) is 12.1 Å². The number of furan rings is 1. The second kappa shape index (κ2) is 4.10. The predicted molar refractivity (Wildman–Crippen MR) is 62.2 cm³/mol. The van der Waals surface area contributed by atoms with Crippen LogP contribution < -0.4 is 11.1 Å². The molecule has 16 heavy (non-hydrogen) atoms. The van der Waals surface area contributed by atoms with Gasteiger partial charge in [-0.1, -0.05) is 18.2 Å². The third-order valence-corrected chi connectivity index (χ3v) is 2.38. The van der Waals surface area contributed by atoms with Crippen molar-refractivity contribution in [3.05, 3.63) is 42.4 Å². The van der Waals surface area contributed by atoms with Gasteiger partial charge in [0.25, 0.3) is 5.91 Å². The molecule has 0 aliphatic carbocycles. The van der Waals surface area contributed by atoms with E-state index < -0.39 is 5.91 Å². The number of carbonyl (C=O) groups excluding carboxylic acids is 1. The molecule has 0 unspecified atom stereocenters. The van der Waals surface area contributed by atoms with Crippen LogP contribution in [-0.4, -0.2) is 13.0 Å². The lowest BCUT2D eigenvalue weighted by atomic mass is 10.0. The summed E-state index contributed by atoms with van der Waals surface area (Å²) >= 11 is 0. The van der Waals surface area contributed by atoms with Gasteiger partial charge in [0.15, 0.2) is 5.76 Å². The Kier molecular flexibility index (Phi) is 2.64. The Morgan fingerprint density at radius 2 is 2.00 bits per heavy atom. The maximum absolute atomic E-state index is 11.2. The quantitative estimate of drug-likeness (QED) is 0.825. The number of nitrogens with two attached hydrogens (primary N) is 1. The fourth-order valence-corrected chi connectivity index (χ4v) is 1.65. The maximum Gasteiger partial charge on any atom is 0.285 e. The van der Waals surface area contributed by atoms with E-state index in [9.17, 15) is 4.79 Å². The molecule has 1 aromatic carbocycles. The summed E-state index contributed by atoms with van der Waals surface area (Å²) in [4.78, 5) is 11.2. The van der Waals surface area contributed by atoms with Gasteiger partial charge in [0.1, 0.15) is 0 Å². The van der Waals surface area contributed by atoms with Crippen LogP contribution in [0.2, 0.25) is 0 Å². The summed E-state index contributed by atoms with van der Waals surface area (Å²) in [6, 6.07) is 9.37. The third kappa shape index (κ3) is 1.65. The number of anilines is 1. The second-order valence-electron chi connectivity index (χ2n) is 3.32. The average Bonchev–Trinajstić information content (AvgIpc) is 2.77. The molecule has 2 rings (SSSR count). The summed E-state index contributed by atoms with van der Waals surface area (Å²) in [5.74, 6) is -0.381. The highest BCUT2D eigenvalue weighted by atomic mass is 16.3. The van der Waals surface area contributed by atoms with Crippen molar-refractivity contribution in [2.75, 3.05) is 12.4 Å². The molecule has 1 heterocycles. The number of para-hydroxylation sites is 1. The highest BCUT2D eigenvalue weighted by Gasteiger charge is 2.15. The molecule has 1 amide bonds. The van der Waals surface area contributed by atoms with E-state index in [0.29, 0.717) is 5.56 Å². The molecule has 4 nitrogen and oxygen atoms in total. The Labute approximate surface area is 93.1 Å². The van der Waals surface area contributed by atoms with Crippen molar-refractivity contribution in [3.8, 4) is 11.1 Å². The minimum Gasteiger partial charge on any atom is -0.459 e. The average molecular weight is 216 g/mol. The van der Waals surface area contributed by atoms with Gasteiger partial charge in [0, 0.05) is 23.9 Å². The van der Waals surface area contributed by atoms with E-state index in [2.05, 4.69) is 5.32 Å². The molecule has 0 saturated heterocycles. The molecule has 3 N–H and O–H groups in total. The number of primary amides is 1. The van der Waals surface area contributed by atoms with Gasteiger partial charge in [-0.2, -0.15) is 0 Å². The lowest BCUT2D eigenvalue weighted by molar-refractivity contribution is 0.0975. The summed E-state index contributed by atoms with van der Waals surface area (Å²) in [6.07, 6.45) is 1.46. The van der Waals surface area contributed by atoms with Gasteiger partial charge in [0.05, 0.1) is 6.26 Å². The first-order chi connectivity index (χ1) is 7.74. The molecule has 2 aromatic rings. The van der Waals surface area contributed by atoms with E-state index in [1.54, 1.807) is 6.07 Å². The zero-order valence-corrected chi connectivity index (χ0v) is 8.86. The first-order valence-corrected chi connectivity index (χ1v) is 4.88. The normalized spacial score (nSPS) is 10.1. The SMILES string of the molecule is CNc1ccccc1-c1ccoc1C(N)=O. The standard InChI is InChI=1S/C12H12N2O2/c1-14-10-5-3-2-4-8(10)9-6-7-16-11(9)12(13)15/h2-7,14H,1H3,(H2,13,15). The van der Waals surface area contributed by atoms with Crippen molar-refractivity contribution in [1.29, 1.82) is 0 Å².